The number of hydrogen-bond acceptors (Lipinski definition) is 2. The molecule has 0 aliphatic rings. The van der Waals surface area contributed by atoms with Crippen molar-refractivity contribution in [3.8, 4) is 6.07 Å². The average Bonchev–Trinajstić information content (AvgIpc) is 2.88. The predicted molar refractivity (Wildman–Crippen MR) is 82.6 cm³/mol. The maximum Gasteiger partial charge on any atom is 0.0998 e. The molecule has 0 saturated heterocycles. The number of aromatic nitrogens is 1. The van der Waals surface area contributed by atoms with Gasteiger partial charge in [0.2, 0.25) is 0 Å². The highest BCUT2D eigenvalue weighted by Crippen LogP contribution is 2.21. The maximum absolute atomic E-state index is 9.32. The summed E-state index contributed by atoms with van der Waals surface area (Å²) in [5, 5.41) is 10.5. The van der Waals surface area contributed by atoms with Crippen molar-refractivity contribution in [3.05, 3.63) is 65.9 Å². The zero-order valence-corrected chi connectivity index (χ0v) is 10.8. The number of benzene rings is 2. The Bertz CT molecular complexity index is 784. The van der Waals surface area contributed by atoms with Gasteiger partial charge in [-0.2, -0.15) is 5.26 Å². The molecule has 20 heavy (non-hydrogen) atoms. The largest absolute Gasteiger partial charge is 0.399 e. The number of fused-ring (bicyclic) bond motifs is 1. The Balaban J connectivity index is 2.04. The summed E-state index contributed by atoms with van der Waals surface area (Å²) in [4.78, 5) is 3.29. The highest BCUT2D eigenvalue weighted by Gasteiger charge is 2.03. The Morgan fingerprint density at radius 2 is 1.85 bits per heavy atom. The number of nitrogens with two attached hydrogens (primary N) is 1. The Hall–Kier alpha value is -2.99. The van der Waals surface area contributed by atoms with Crippen LogP contribution in [0.1, 0.15) is 11.3 Å². The van der Waals surface area contributed by atoms with E-state index in [4.69, 9.17) is 5.73 Å². The van der Waals surface area contributed by atoms with Crippen molar-refractivity contribution in [1.82, 2.24) is 4.98 Å². The lowest BCUT2D eigenvalue weighted by Crippen LogP contribution is -1.86. The van der Waals surface area contributed by atoms with Gasteiger partial charge in [0.15, 0.2) is 0 Å². The number of nitrogens with one attached hydrogen (secondary N) is 1. The molecule has 0 saturated carbocycles. The number of aromatic amines is 1. The molecule has 0 unspecified atom stereocenters. The number of nitriles is 1. The SMILES string of the molecule is N#C/C(=C\c1cc2ccccc2[nH]1)c1ccc(N)cc1. The number of nitrogen functional groups attached to an aromatic ring is 1. The van der Waals surface area contributed by atoms with Crippen LogP contribution in [-0.4, -0.2) is 4.98 Å². The van der Waals surface area contributed by atoms with E-state index in [9.17, 15) is 5.26 Å². The van der Waals surface area contributed by atoms with Gasteiger partial charge in [-0.1, -0.05) is 30.3 Å². The van der Waals surface area contributed by atoms with Gasteiger partial charge in [-0.25, -0.2) is 0 Å². The summed E-state index contributed by atoms with van der Waals surface area (Å²) in [5.41, 5.74) is 9.80. The van der Waals surface area contributed by atoms with Crippen LogP contribution < -0.4 is 5.73 Å². The molecule has 3 rings (SSSR count). The van der Waals surface area contributed by atoms with Crippen molar-refractivity contribution >= 4 is 28.2 Å². The van der Waals surface area contributed by atoms with E-state index in [2.05, 4.69) is 11.1 Å². The van der Waals surface area contributed by atoms with Crippen LogP contribution in [0.3, 0.4) is 0 Å². The van der Waals surface area contributed by atoms with E-state index in [1.165, 1.54) is 0 Å². The topological polar surface area (TPSA) is 65.6 Å². The molecule has 96 valence electrons. The normalized spacial score (nSPS) is 11.4. The first-order valence-electron chi connectivity index (χ1n) is 6.32. The Kier molecular flexibility index (Phi) is 2.98. The smallest absolute Gasteiger partial charge is 0.0998 e. The molecule has 3 nitrogen and oxygen atoms in total. The van der Waals surface area contributed by atoms with Crippen LogP contribution in [0.15, 0.2) is 54.6 Å². The molecule has 0 bridgehead atoms. The number of allylic oxidation sites excluding steroid dienone is 1. The standard InChI is InChI=1S/C17H13N3/c18-11-14(12-5-7-15(19)8-6-12)10-16-9-13-3-1-2-4-17(13)20-16/h1-10,20H,19H2/b14-10+. The third-order valence-corrected chi connectivity index (χ3v) is 3.19. The van der Waals surface area contributed by atoms with Gasteiger partial charge in [-0.3, -0.25) is 0 Å². The minimum atomic E-state index is 0.608. The first-order chi connectivity index (χ1) is 9.76. The zero-order chi connectivity index (χ0) is 13.9. The Morgan fingerprint density at radius 3 is 2.55 bits per heavy atom. The molecule has 3 N–H and O–H groups in total. The molecule has 3 aromatic rings. The van der Waals surface area contributed by atoms with Crippen LogP contribution in [0.5, 0.6) is 0 Å². The molecule has 0 radical (unpaired) electrons. The molecule has 1 aromatic heterocycles. The predicted octanol–water partition coefficient (Wildman–Crippen LogP) is 3.81. The number of H-pyrrole nitrogens is 1. The van der Waals surface area contributed by atoms with Gasteiger partial charge >= 0.3 is 0 Å². The van der Waals surface area contributed by atoms with Crippen molar-refractivity contribution in [2.24, 2.45) is 0 Å². The van der Waals surface area contributed by atoms with Crippen molar-refractivity contribution < 1.29 is 0 Å². The van der Waals surface area contributed by atoms with Crippen LogP contribution in [0, 0.1) is 11.3 Å². The second-order valence-electron chi connectivity index (χ2n) is 4.60. The lowest BCUT2D eigenvalue weighted by atomic mass is 10.1. The molecule has 0 aliphatic carbocycles. The summed E-state index contributed by atoms with van der Waals surface area (Å²) in [5.74, 6) is 0. The fraction of sp³-hybridized carbons (Fsp3) is 0. The molecular formula is C17H13N3. The monoisotopic (exact) mass is 259 g/mol. The van der Waals surface area contributed by atoms with Crippen molar-refractivity contribution in [1.29, 1.82) is 5.26 Å². The minimum Gasteiger partial charge on any atom is -0.399 e. The third kappa shape index (κ3) is 2.27. The minimum absolute atomic E-state index is 0.608. The number of nitrogens with zero attached hydrogens (tertiary/aromatic N) is 1. The number of anilines is 1. The summed E-state index contributed by atoms with van der Waals surface area (Å²) in [7, 11) is 0. The third-order valence-electron chi connectivity index (χ3n) is 3.19. The summed E-state index contributed by atoms with van der Waals surface area (Å²) in [6, 6.07) is 19.6. The number of para-hydroxylation sites is 1. The fourth-order valence-electron chi connectivity index (χ4n) is 2.17. The molecular weight excluding hydrogens is 246 g/mol. The highest BCUT2D eigenvalue weighted by molar-refractivity contribution is 5.92. The van der Waals surface area contributed by atoms with Gasteiger partial charge in [0.25, 0.3) is 0 Å². The van der Waals surface area contributed by atoms with Gasteiger partial charge in [0.1, 0.15) is 0 Å². The van der Waals surface area contributed by atoms with Crippen LogP contribution in [0.4, 0.5) is 5.69 Å². The van der Waals surface area contributed by atoms with Crippen molar-refractivity contribution in [3.63, 3.8) is 0 Å². The Labute approximate surface area is 117 Å². The molecule has 3 heteroatoms. The fourth-order valence-corrected chi connectivity index (χ4v) is 2.17. The van der Waals surface area contributed by atoms with E-state index in [1.807, 2.05) is 48.5 Å². The second kappa shape index (κ2) is 4.94. The highest BCUT2D eigenvalue weighted by atomic mass is 14.7. The molecule has 2 aromatic carbocycles. The van der Waals surface area contributed by atoms with E-state index in [1.54, 1.807) is 12.1 Å². The van der Waals surface area contributed by atoms with Crippen LogP contribution in [0.25, 0.3) is 22.6 Å². The lowest BCUT2D eigenvalue weighted by Gasteiger charge is -1.99. The number of hydrogen-bond donors (Lipinski definition) is 2. The first-order valence-corrected chi connectivity index (χ1v) is 6.32. The summed E-state index contributed by atoms with van der Waals surface area (Å²) in [6.07, 6.45) is 1.85. The van der Waals surface area contributed by atoms with Crippen LogP contribution >= 0.6 is 0 Å². The van der Waals surface area contributed by atoms with Crippen molar-refractivity contribution in [2.45, 2.75) is 0 Å². The second-order valence-corrected chi connectivity index (χ2v) is 4.60. The summed E-state index contributed by atoms with van der Waals surface area (Å²) >= 11 is 0. The molecule has 0 amide bonds. The average molecular weight is 259 g/mol. The maximum atomic E-state index is 9.32. The van der Waals surface area contributed by atoms with E-state index < -0.39 is 0 Å². The molecule has 0 fully saturated rings. The van der Waals surface area contributed by atoms with E-state index in [0.717, 1.165) is 22.2 Å². The van der Waals surface area contributed by atoms with E-state index >= 15 is 0 Å². The molecule has 0 spiro atoms. The van der Waals surface area contributed by atoms with Crippen LogP contribution in [-0.2, 0) is 0 Å². The van der Waals surface area contributed by atoms with Crippen molar-refractivity contribution in [2.75, 3.05) is 5.73 Å². The molecule has 0 atom stereocenters. The summed E-state index contributed by atoms with van der Waals surface area (Å²) in [6.45, 7) is 0. The van der Waals surface area contributed by atoms with Gasteiger partial charge in [0, 0.05) is 16.9 Å². The van der Waals surface area contributed by atoms with Gasteiger partial charge in [0.05, 0.1) is 11.6 Å². The van der Waals surface area contributed by atoms with Gasteiger partial charge in [-0.15, -0.1) is 0 Å². The molecule has 0 aliphatic heterocycles. The van der Waals surface area contributed by atoms with Gasteiger partial charge < -0.3 is 10.7 Å². The van der Waals surface area contributed by atoms with E-state index in [-0.39, 0.29) is 0 Å². The quantitative estimate of drug-likeness (QED) is 0.543. The lowest BCUT2D eigenvalue weighted by molar-refractivity contribution is 1.43. The zero-order valence-electron chi connectivity index (χ0n) is 10.8. The number of rotatable bonds is 2. The van der Waals surface area contributed by atoms with Crippen LogP contribution in [0.2, 0.25) is 0 Å². The van der Waals surface area contributed by atoms with E-state index in [0.29, 0.717) is 11.3 Å². The Morgan fingerprint density at radius 1 is 1.10 bits per heavy atom. The van der Waals surface area contributed by atoms with Gasteiger partial charge in [-0.05, 0) is 41.3 Å². The first kappa shape index (κ1) is 12.1. The summed E-state index contributed by atoms with van der Waals surface area (Å²) < 4.78 is 0. The molecule has 1 heterocycles.